The lowest BCUT2D eigenvalue weighted by Crippen LogP contribution is -2.28. The molecule has 0 bridgehead atoms. The first-order valence-corrected chi connectivity index (χ1v) is 6.87. The van der Waals surface area contributed by atoms with Crippen molar-refractivity contribution >= 4 is 22.9 Å². The van der Waals surface area contributed by atoms with E-state index >= 15 is 0 Å². The number of benzene rings is 1. The maximum atomic E-state index is 13.8. The topological polar surface area (TPSA) is 38.0 Å². The zero-order valence-electron chi connectivity index (χ0n) is 9.70. The fourth-order valence-corrected chi connectivity index (χ4v) is 2.56. The van der Waals surface area contributed by atoms with Crippen molar-refractivity contribution in [3.8, 4) is 0 Å². The highest BCUT2D eigenvalue weighted by molar-refractivity contribution is 7.09. The molecule has 0 saturated heterocycles. The standard InChI is InChI=1S/C13H14ClFN2S/c14-9-3-4-11(12(15)6-9)13(7-16)17-8-10-2-1-5-18-10/h1-6,13,17H,7-8,16H2. The van der Waals surface area contributed by atoms with Gasteiger partial charge in [0, 0.05) is 34.6 Å². The Morgan fingerprint density at radius 1 is 1.39 bits per heavy atom. The van der Waals surface area contributed by atoms with Gasteiger partial charge in [-0.15, -0.1) is 11.3 Å². The number of rotatable bonds is 5. The van der Waals surface area contributed by atoms with Crippen molar-refractivity contribution < 1.29 is 4.39 Å². The first kappa shape index (κ1) is 13.5. The number of hydrogen-bond donors (Lipinski definition) is 2. The van der Waals surface area contributed by atoms with E-state index in [4.69, 9.17) is 17.3 Å². The minimum Gasteiger partial charge on any atom is -0.329 e. The van der Waals surface area contributed by atoms with Gasteiger partial charge in [0.1, 0.15) is 5.82 Å². The van der Waals surface area contributed by atoms with E-state index in [0.29, 0.717) is 23.7 Å². The van der Waals surface area contributed by atoms with Gasteiger partial charge in [-0.05, 0) is 23.6 Å². The Morgan fingerprint density at radius 2 is 2.22 bits per heavy atom. The molecule has 0 radical (unpaired) electrons. The van der Waals surface area contributed by atoms with Crippen LogP contribution in [0.4, 0.5) is 4.39 Å². The van der Waals surface area contributed by atoms with Gasteiger partial charge in [-0.2, -0.15) is 0 Å². The van der Waals surface area contributed by atoms with Gasteiger partial charge in [-0.1, -0.05) is 23.7 Å². The van der Waals surface area contributed by atoms with Crippen LogP contribution < -0.4 is 11.1 Å². The molecule has 0 fully saturated rings. The molecule has 0 aliphatic heterocycles. The van der Waals surface area contributed by atoms with E-state index in [-0.39, 0.29) is 11.9 Å². The second kappa shape index (κ2) is 6.29. The number of nitrogens with two attached hydrogens (primary N) is 1. The molecule has 0 spiro atoms. The molecule has 5 heteroatoms. The van der Waals surface area contributed by atoms with Crippen molar-refractivity contribution in [2.75, 3.05) is 6.54 Å². The summed E-state index contributed by atoms with van der Waals surface area (Å²) in [6.07, 6.45) is 0. The van der Waals surface area contributed by atoms with Crippen LogP contribution in [0.25, 0.3) is 0 Å². The molecule has 1 unspecified atom stereocenters. The molecule has 0 aliphatic rings. The quantitative estimate of drug-likeness (QED) is 0.884. The molecular formula is C13H14ClFN2S. The summed E-state index contributed by atoms with van der Waals surface area (Å²) in [7, 11) is 0. The Bertz CT molecular complexity index is 502. The van der Waals surface area contributed by atoms with E-state index in [0.717, 1.165) is 0 Å². The normalized spacial score (nSPS) is 12.6. The lowest BCUT2D eigenvalue weighted by atomic mass is 10.1. The minimum absolute atomic E-state index is 0.204. The van der Waals surface area contributed by atoms with Crippen molar-refractivity contribution in [3.63, 3.8) is 0 Å². The van der Waals surface area contributed by atoms with Crippen molar-refractivity contribution in [3.05, 3.63) is 57.0 Å². The molecule has 18 heavy (non-hydrogen) atoms. The molecule has 0 aliphatic carbocycles. The van der Waals surface area contributed by atoms with Crippen LogP contribution in [0.1, 0.15) is 16.5 Å². The number of hydrogen-bond acceptors (Lipinski definition) is 3. The highest BCUT2D eigenvalue weighted by atomic mass is 35.5. The maximum absolute atomic E-state index is 13.8. The minimum atomic E-state index is -0.323. The maximum Gasteiger partial charge on any atom is 0.129 e. The van der Waals surface area contributed by atoms with Crippen LogP contribution in [0.15, 0.2) is 35.7 Å². The summed E-state index contributed by atoms with van der Waals surface area (Å²) in [4.78, 5) is 1.20. The van der Waals surface area contributed by atoms with Gasteiger partial charge in [-0.3, -0.25) is 0 Å². The van der Waals surface area contributed by atoms with Crippen LogP contribution in [0.3, 0.4) is 0 Å². The van der Waals surface area contributed by atoms with Gasteiger partial charge in [0.25, 0.3) is 0 Å². The molecule has 1 aromatic carbocycles. The highest BCUT2D eigenvalue weighted by Gasteiger charge is 2.14. The first-order valence-electron chi connectivity index (χ1n) is 5.61. The average molecular weight is 285 g/mol. The number of nitrogens with one attached hydrogen (secondary N) is 1. The lowest BCUT2D eigenvalue weighted by Gasteiger charge is -2.17. The fourth-order valence-electron chi connectivity index (χ4n) is 1.74. The van der Waals surface area contributed by atoms with E-state index in [1.165, 1.54) is 10.9 Å². The Morgan fingerprint density at radius 3 is 2.83 bits per heavy atom. The Hall–Kier alpha value is -0.940. The molecule has 3 N–H and O–H groups in total. The summed E-state index contributed by atoms with van der Waals surface area (Å²) in [6.45, 7) is 1.02. The van der Waals surface area contributed by atoms with Crippen molar-refractivity contribution in [2.24, 2.45) is 5.73 Å². The van der Waals surface area contributed by atoms with Gasteiger partial charge in [0.05, 0.1) is 0 Å². The Labute approximate surface area is 115 Å². The molecule has 2 nitrogen and oxygen atoms in total. The molecule has 2 aromatic rings. The smallest absolute Gasteiger partial charge is 0.129 e. The second-order valence-electron chi connectivity index (χ2n) is 3.91. The molecule has 0 saturated carbocycles. The van der Waals surface area contributed by atoms with Gasteiger partial charge in [-0.25, -0.2) is 4.39 Å². The van der Waals surface area contributed by atoms with Gasteiger partial charge >= 0.3 is 0 Å². The van der Waals surface area contributed by atoms with Crippen molar-refractivity contribution in [1.82, 2.24) is 5.32 Å². The summed E-state index contributed by atoms with van der Waals surface area (Å²) >= 11 is 7.39. The van der Waals surface area contributed by atoms with Crippen LogP contribution in [0, 0.1) is 5.82 Å². The van der Waals surface area contributed by atoms with E-state index in [1.54, 1.807) is 23.5 Å². The molecule has 0 amide bonds. The SMILES string of the molecule is NCC(NCc1cccs1)c1ccc(Cl)cc1F. The fraction of sp³-hybridized carbons (Fsp3) is 0.231. The number of halogens is 2. The second-order valence-corrected chi connectivity index (χ2v) is 5.38. The van der Waals surface area contributed by atoms with Gasteiger partial charge in [0.2, 0.25) is 0 Å². The van der Waals surface area contributed by atoms with Crippen LogP contribution in [0.5, 0.6) is 0 Å². The van der Waals surface area contributed by atoms with Crippen LogP contribution in [0.2, 0.25) is 5.02 Å². The lowest BCUT2D eigenvalue weighted by molar-refractivity contribution is 0.508. The largest absolute Gasteiger partial charge is 0.329 e. The molecule has 1 atom stereocenters. The molecular weight excluding hydrogens is 271 g/mol. The van der Waals surface area contributed by atoms with E-state index < -0.39 is 0 Å². The van der Waals surface area contributed by atoms with Crippen LogP contribution in [-0.4, -0.2) is 6.54 Å². The molecule has 2 rings (SSSR count). The average Bonchev–Trinajstić information content (AvgIpc) is 2.85. The third-order valence-corrected chi connectivity index (χ3v) is 3.79. The van der Waals surface area contributed by atoms with Crippen molar-refractivity contribution in [1.29, 1.82) is 0 Å². The summed E-state index contributed by atoms with van der Waals surface area (Å²) in [5.41, 5.74) is 6.25. The monoisotopic (exact) mass is 284 g/mol. The summed E-state index contributed by atoms with van der Waals surface area (Å²) in [6, 6.07) is 8.48. The third kappa shape index (κ3) is 3.29. The third-order valence-electron chi connectivity index (χ3n) is 2.68. The zero-order chi connectivity index (χ0) is 13.0. The Kier molecular flexibility index (Phi) is 4.72. The van der Waals surface area contributed by atoms with Gasteiger partial charge < -0.3 is 11.1 Å². The predicted molar refractivity (Wildman–Crippen MR) is 74.4 cm³/mol. The number of thiophene rings is 1. The van der Waals surface area contributed by atoms with Crippen LogP contribution >= 0.6 is 22.9 Å². The van der Waals surface area contributed by atoms with Crippen molar-refractivity contribution in [2.45, 2.75) is 12.6 Å². The predicted octanol–water partition coefficient (Wildman–Crippen LogP) is 3.33. The summed E-state index contributed by atoms with van der Waals surface area (Å²) in [5, 5.41) is 5.66. The van der Waals surface area contributed by atoms with E-state index in [2.05, 4.69) is 5.32 Å². The molecule has 96 valence electrons. The Balaban J connectivity index is 2.08. The highest BCUT2D eigenvalue weighted by Crippen LogP contribution is 2.21. The first-order chi connectivity index (χ1) is 8.70. The summed E-state index contributed by atoms with van der Waals surface area (Å²) in [5.74, 6) is -0.323. The molecule has 1 heterocycles. The zero-order valence-corrected chi connectivity index (χ0v) is 11.3. The van der Waals surface area contributed by atoms with Gasteiger partial charge in [0.15, 0.2) is 0 Å². The summed E-state index contributed by atoms with van der Waals surface area (Å²) < 4.78 is 13.8. The van der Waals surface area contributed by atoms with Crippen LogP contribution in [-0.2, 0) is 6.54 Å². The van der Waals surface area contributed by atoms with E-state index in [9.17, 15) is 4.39 Å². The molecule has 1 aromatic heterocycles. The van der Waals surface area contributed by atoms with E-state index in [1.807, 2.05) is 17.5 Å².